The second-order valence-electron chi connectivity index (χ2n) is 4.58. The first-order chi connectivity index (χ1) is 6.17. The van der Waals surface area contributed by atoms with Crippen molar-refractivity contribution in [3.63, 3.8) is 0 Å². The minimum Gasteiger partial charge on any atom is -0.0669 e. The maximum absolute atomic E-state index is 2.45. The van der Waals surface area contributed by atoms with E-state index in [9.17, 15) is 0 Å². The molecule has 0 fully saturated rings. The Morgan fingerprint density at radius 2 is 1.54 bits per heavy atom. The van der Waals surface area contributed by atoms with Gasteiger partial charge in [0, 0.05) is 0 Å². The highest BCUT2D eigenvalue weighted by Gasteiger charge is 2.19. The van der Waals surface area contributed by atoms with Crippen LogP contribution in [0.2, 0.25) is 5.82 Å². The quantitative estimate of drug-likeness (QED) is 0.527. The van der Waals surface area contributed by atoms with Crippen LogP contribution in [0.5, 0.6) is 0 Å². The van der Waals surface area contributed by atoms with Crippen molar-refractivity contribution < 1.29 is 0 Å². The highest BCUT2D eigenvalue weighted by Crippen LogP contribution is 2.31. The van der Waals surface area contributed by atoms with Gasteiger partial charge < -0.3 is 0 Å². The third-order valence-corrected chi connectivity index (χ3v) is 3.57. The fourth-order valence-electron chi connectivity index (χ4n) is 2.39. The van der Waals surface area contributed by atoms with Crippen LogP contribution >= 0.6 is 0 Å². The molecule has 0 heterocycles. The van der Waals surface area contributed by atoms with E-state index in [-0.39, 0.29) is 0 Å². The van der Waals surface area contributed by atoms with Crippen LogP contribution in [0.1, 0.15) is 59.8 Å². The second kappa shape index (κ2) is 7.47. The Hall–Kier alpha value is 0.0649. The molecule has 3 atom stereocenters. The molecular weight excluding hydrogens is 155 g/mol. The molecule has 0 spiro atoms. The normalized spacial score (nSPS) is 18.2. The summed E-state index contributed by atoms with van der Waals surface area (Å²) in [7, 11) is 2.42. The Kier molecular flexibility index (Phi) is 7.50. The van der Waals surface area contributed by atoms with Crippen LogP contribution in [-0.2, 0) is 0 Å². The lowest BCUT2D eigenvalue weighted by atomic mass is 9.68. The fraction of sp³-hybridized carbons (Fsp3) is 1.00. The topological polar surface area (TPSA) is 0 Å². The monoisotopic (exact) mass is 182 g/mol. The average Bonchev–Trinajstić information content (AvgIpc) is 2.13. The summed E-state index contributed by atoms with van der Waals surface area (Å²) in [6.45, 7) is 9.39. The van der Waals surface area contributed by atoms with E-state index in [4.69, 9.17) is 0 Å². The molecule has 0 amide bonds. The smallest absolute Gasteiger partial charge is 0.0669 e. The molecule has 78 valence electrons. The Labute approximate surface area is 85.9 Å². The summed E-state index contributed by atoms with van der Waals surface area (Å²) < 4.78 is 0. The molecular formula is C12H27B. The van der Waals surface area contributed by atoms with Crippen molar-refractivity contribution in [1.82, 2.24) is 0 Å². The first-order valence-electron chi connectivity index (χ1n) is 6.17. The molecule has 0 aromatic heterocycles. The molecule has 0 aromatic carbocycles. The van der Waals surface area contributed by atoms with Crippen molar-refractivity contribution in [3.05, 3.63) is 0 Å². The number of hydrogen-bond acceptors (Lipinski definition) is 0. The van der Waals surface area contributed by atoms with Crippen LogP contribution in [-0.4, -0.2) is 7.85 Å². The van der Waals surface area contributed by atoms with Crippen molar-refractivity contribution in [3.8, 4) is 0 Å². The summed E-state index contributed by atoms with van der Waals surface area (Å²) in [5, 5.41) is 0. The van der Waals surface area contributed by atoms with E-state index in [1.807, 2.05) is 0 Å². The summed E-state index contributed by atoms with van der Waals surface area (Å²) in [5.41, 5.74) is 0. The van der Waals surface area contributed by atoms with Crippen LogP contribution in [0.4, 0.5) is 0 Å². The molecule has 1 heteroatoms. The zero-order chi connectivity index (χ0) is 10.3. The van der Waals surface area contributed by atoms with E-state index >= 15 is 0 Å². The van der Waals surface area contributed by atoms with E-state index in [0.717, 1.165) is 17.7 Å². The van der Waals surface area contributed by atoms with Gasteiger partial charge in [0.05, 0.1) is 0 Å². The van der Waals surface area contributed by atoms with Gasteiger partial charge in [-0.2, -0.15) is 0 Å². The van der Waals surface area contributed by atoms with Crippen molar-refractivity contribution in [2.75, 3.05) is 0 Å². The molecule has 0 nitrogen and oxygen atoms in total. The minimum atomic E-state index is 0.918. The molecule has 0 aromatic rings. The maximum atomic E-state index is 2.45. The molecule has 0 aliphatic heterocycles. The summed E-state index contributed by atoms with van der Waals surface area (Å²) in [5.74, 6) is 2.80. The minimum absolute atomic E-state index is 0.918. The number of rotatable bonds is 7. The summed E-state index contributed by atoms with van der Waals surface area (Å²) in [6, 6.07) is 0. The summed E-state index contributed by atoms with van der Waals surface area (Å²) in [6.07, 6.45) is 6.88. The van der Waals surface area contributed by atoms with E-state index in [0.29, 0.717) is 0 Å². The molecule has 13 heavy (non-hydrogen) atoms. The molecule has 0 saturated carbocycles. The molecule has 0 aliphatic rings. The fourth-order valence-corrected chi connectivity index (χ4v) is 2.39. The van der Waals surface area contributed by atoms with Crippen LogP contribution in [0.3, 0.4) is 0 Å². The van der Waals surface area contributed by atoms with E-state index in [2.05, 4.69) is 35.5 Å². The van der Waals surface area contributed by atoms with Gasteiger partial charge in [-0.3, -0.25) is 0 Å². The maximum Gasteiger partial charge on any atom is 0.105 e. The lowest BCUT2D eigenvalue weighted by molar-refractivity contribution is 0.301. The summed E-state index contributed by atoms with van der Waals surface area (Å²) in [4.78, 5) is 0. The Morgan fingerprint density at radius 3 is 1.92 bits per heavy atom. The Morgan fingerprint density at radius 1 is 1.00 bits per heavy atom. The van der Waals surface area contributed by atoms with Crippen molar-refractivity contribution in [1.29, 1.82) is 0 Å². The van der Waals surface area contributed by atoms with Gasteiger partial charge in [0.25, 0.3) is 0 Å². The SMILES string of the molecule is BC(CCC)C(C)C(CC)CCC. The van der Waals surface area contributed by atoms with Gasteiger partial charge in [0.2, 0.25) is 0 Å². The van der Waals surface area contributed by atoms with E-state index in [1.54, 1.807) is 0 Å². The van der Waals surface area contributed by atoms with Crippen LogP contribution < -0.4 is 0 Å². The lowest BCUT2D eigenvalue weighted by Crippen LogP contribution is -2.16. The van der Waals surface area contributed by atoms with Gasteiger partial charge in [-0.25, -0.2) is 0 Å². The Balaban J connectivity index is 3.94. The molecule has 0 bridgehead atoms. The molecule has 0 saturated heterocycles. The van der Waals surface area contributed by atoms with Gasteiger partial charge in [0.1, 0.15) is 7.85 Å². The zero-order valence-electron chi connectivity index (χ0n) is 10.3. The van der Waals surface area contributed by atoms with E-state index in [1.165, 1.54) is 32.1 Å². The van der Waals surface area contributed by atoms with Gasteiger partial charge >= 0.3 is 0 Å². The van der Waals surface area contributed by atoms with Gasteiger partial charge in [0.15, 0.2) is 0 Å². The largest absolute Gasteiger partial charge is 0.105 e. The second-order valence-corrected chi connectivity index (χ2v) is 4.58. The Bertz CT molecular complexity index is 112. The van der Waals surface area contributed by atoms with Gasteiger partial charge in [-0.15, -0.1) is 0 Å². The third-order valence-electron chi connectivity index (χ3n) is 3.57. The van der Waals surface area contributed by atoms with E-state index < -0.39 is 0 Å². The molecule has 0 rings (SSSR count). The van der Waals surface area contributed by atoms with Gasteiger partial charge in [-0.05, 0) is 11.8 Å². The molecule has 0 radical (unpaired) electrons. The number of hydrogen-bond donors (Lipinski definition) is 0. The highest BCUT2D eigenvalue weighted by atomic mass is 14.2. The van der Waals surface area contributed by atoms with Crippen molar-refractivity contribution >= 4 is 7.85 Å². The molecule has 0 N–H and O–H groups in total. The van der Waals surface area contributed by atoms with Crippen LogP contribution in [0.25, 0.3) is 0 Å². The van der Waals surface area contributed by atoms with Crippen molar-refractivity contribution in [2.45, 2.75) is 65.6 Å². The standard InChI is InChI=1S/C12H27B/c1-5-8-11(7-3)10(4)12(13)9-6-2/h10-12H,5-9,13H2,1-4H3. The zero-order valence-corrected chi connectivity index (χ0v) is 10.3. The predicted molar refractivity (Wildman–Crippen MR) is 65.1 cm³/mol. The molecule has 0 aliphatic carbocycles. The van der Waals surface area contributed by atoms with Crippen LogP contribution in [0.15, 0.2) is 0 Å². The predicted octanol–water partition coefficient (Wildman–Crippen LogP) is 3.67. The lowest BCUT2D eigenvalue weighted by Gasteiger charge is -2.28. The summed E-state index contributed by atoms with van der Waals surface area (Å²) >= 11 is 0. The first-order valence-corrected chi connectivity index (χ1v) is 6.17. The van der Waals surface area contributed by atoms with Gasteiger partial charge in [-0.1, -0.05) is 65.6 Å². The van der Waals surface area contributed by atoms with Crippen molar-refractivity contribution in [2.24, 2.45) is 11.8 Å². The first kappa shape index (κ1) is 13.1. The van der Waals surface area contributed by atoms with Crippen LogP contribution in [0, 0.1) is 11.8 Å². The molecule has 3 unspecified atom stereocenters. The average molecular weight is 182 g/mol. The highest BCUT2D eigenvalue weighted by molar-refractivity contribution is 6.11. The third kappa shape index (κ3) is 4.74.